The predicted molar refractivity (Wildman–Crippen MR) is 114 cm³/mol. The van der Waals surface area contributed by atoms with Crippen LogP contribution in [0.4, 0.5) is 0 Å². The molecule has 0 bridgehead atoms. The van der Waals surface area contributed by atoms with Gasteiger partial charge in [-0.1, -0.05) is 52.5 Å². The topological polar surface area (TPSA) is 27.1 Å². The molecule has 0 saturated heterocycles. The second-order valence-corrected chi connectivity index (χ2v) is 8.55. The van der Waals surface area contributed by atoms with Crippen LogP contribution in [0, 0.1) is 0 Å². The van der Waals surface area contributed by atoms with Crippen LogP contribution in [0.5, 0.6) is 0 Å². The van der Waals surface area contributed by atoms with Crippen molar-refractivity contribution < 1.29 is 4.74 Å². The van der Waals surface area contributed by atoms with E-state index >= 15 is 0 Å². The average Bonchev–Trinajstić information content (AvgIpc) is 3.14. The summed E-state index contributed by atoms with van der Waals surface area (Å²) in [6.07, 6.45) is 5.38. The SMILES string of the molecule is Clc1ccc(SCC(Cn2ccnc2)OCc2ccc(Cl)c(Cl)c2)c(Cl)c1. The van der Waals surface area contributed by atoms with E-state index in [1.807, 2.05) is 35.0 Å². The minimum Gasteiger partial charge on any atom is -0.371 e. The van der Waals surface area contributed by atoms with Crippen LogP contribution in [0.25, 0.3) is 0 Å². The second kappa shape index (κ2) is 10.1. The number of nitrogens with zero attached hydrogens (tertiary/aromatic N) is 2. The van der Waals surface area contributed by atoms with Crippen LogP contribution in [0.2, 0.25) is 20.1 Å². The third-order valence-corrected chi connectivity index (χ3v) is 6.37. The summed E-state index contributed by atoms with van der Waals surface area (Å²) in [6.45, 7) is 1.12. The molecule has 1 unspecified atom stereocenters. The van der Waals surface area contributed by atoms with Gasteiger partial charge in [0, 0.05) is 28.1 Å². The van der Waals surface area contributed by atoms with Crippen molar-refractivity contribution >= 4 is 58.2 Å². The van der Waals surface area contributed by atoms with E-state index in [-0.39, 0.29) is 6.10 Å². The number of ether oxygens (including phenoxy) is 1. The number of thioether (sulfide) groups is 1. The fourth-order valence-electron chi connectivity index (χ4n) is 2.40. The van der Waals surface area contributed by atoms with Crippen molar-refractivity contribution in [1.29, 1.82) is 0 Å². The number of hydrogen-bond acceptors (Lipinski definition) is 3. The van der Waals surface area contributed by atoms with Gasteiger partial charge in [0.2, 0.25) is 0 Å². The predicted octanol–water partition coefficient (Wildman–Crippen LogP) is 6.87. The molecule has 0 radical (unpaired) electrons. The van der Waals surface area contributed by atoms with Crippen LogP contribution in [-0.2, 0) is 17.9 Å². The molecule has 0 fully saturated rings. The van der Waals surface area contributed by atoms with Crippen molar-refractivity contribution in [2.24, 2.45) is 0 Å². The molecule has 27 heavy (non-hydrogen) atoms. The summed E-state index contributed by atoms with van der Waals surface area (Å²) in [6, 6.07) is 11.0. The molecule has 3 rings (SSSR count). The zero-order valence-corrected chi connectivity index (χ0v) is 18.0. The first kappa shape index (κ1) is 20.8. The Morgan fingerprint density at radius 3 is 2.56 bits per heavy atom. The van der Waals surface area contributed by atoms with Crippen LogP contribution in [0.1, 0.15) is 5.56 Å². The van der Waals surface area contributed by atoms with E-state index in [0.29, 0.717) is 33.2 Å². The molecular formula is C19H16Cl4N2OS. The number of halogens is 4. The van der Waals surface area contributed by atoms with Gasteiger partial charge in [0.1, 0.15) is 0 Å². The summed E-state index contributed by atoms with van der Waals surface area (Å²) in [7, 11) is 0. The molecule has 2 aromatic carbocycles. The standard InChI is InChI=1S/C19H16Cl4N2OS/c20-14-2-4-19(18(23)8-14)27-11-15(9-25-6-5-24-12-25)26-10-13-1-3-16(21)17(22)7-13/h1-8,12,15H,9-11H2. The smallest absolute Gasteiger partial charge is 0.0946 e. The Bertz CT molecular complexity index is 889. The van der Waals surface area contributed by atoms with Crippen LogP contribution in [-0.4, -0.2) is 21.4 Å². The number of rotatable bonds is 8. The Morgan fingerprint density at radius 2 is 1.85 bits per heavy atom. The van der Waals surface area contributed by atoms with Crippen molar-refractivity contribution in [3.63, 3.8) is 0 Å². The van der Waals surface area contributed by atoms with E-state index in [1.54, 1.807) is 36.4 Å². The maximum Gasteiger partial charge on any atom is 0.0946 e. The lowest BCUT2D eigenvalue weighted by Crippen LogP contribution is -2.22. The van der Waals surface area contributed by atoms with Gasteiger partial charge in [-0.05, 0) is 35.9 Å². The van der Waals surface area contributed by atoms with Crippen LogP contribution in [0.3, 0.4) is 0 Å². The maximum absolute atomic E-state index is 6.27. The number of benzene rings is 2. The molecule has 0 N–H and O–H groups in total. The first-order valence-electron chi connectivity index (χ1n) is 8.10. The zero-order chi connectivity index (χ0) is 19.2. The summed E-state index contributed by atoms with van der Waals surface area (Å²) in [5.74, 6) is 0.723. The highest BCUT2D eigenvalue weighted by Crippen LogP contribution is 2.31. The van der Waals surface area contributed by atoms with Gasteiger partial charge in [0.05, 0.1) is 40.7 Å². The lowest BCUT2D eigenvalue weighted by molar-refractivity contribution is 0.0450. The zero-order valence-electron chi connectivity index (χ0n) is 14.1. The van der Waals surface area contributed by atoms with E-state index in [4.69, 9.17) is 51.1 Å². The molecule has 0 aliphatic heterocycles. The van der Waals surface area contributed by atoms with Crippen molar-refractivity contribution in [3.8, 4) is 0 Å². The summed E-state index contributed by atoms with van der Waals surface area (Å²) in [4.78, 5) is 5.06. The van der Waals surface area contributed by atoms with E-state index in [2.05, 4.69) is 4.98 Å². The van der Waals surface area contributed by atoms with Gasteiger partial charge in [0.25, 0.3) is 0 Å². The molecule has 0 aliphatic carbocycles. The summed E-state index contributed by atoms with van der Waals surface area (Å²) < 4.78 is 8.13. The Kier molecular flexibility index (Phi) is 7.76. The maximum atomic E-state index is 6.27. The summed E-state index contributed by atoms with van der Waals surface area (Å²) in [5, 5.41) is 2.31. The molecule has 1 aromatic heterocycles. The second-order valence-electron chi connectivity index (χ2n) is 5.83. The molecule has 0 saturated carbocycles. The monoisotopic (exact) mass is 460 g/mol. The number of hydrogen-bond donors (Lipinski definition) is 0. The third kappa shape index (κ3) is 6.31. The van der Waals surface area contributed by atoms with E-state index in [1.165, 1.54) is 0 Å². The van der Waals surface area contributed by atoms with Crippen molar-refractivity contribution in [3.05, 3.63) is 80.8 Å². The van der Waals surface area contributed by atoms with Crippen LogP contribution >= 0.6 is 58.2 Å². The summed E-state index contributed by atoms with van der Waals surface area (Å²) in [5.41, 5.74) is 0.967. The normalized spacial score (nSPS) is 12.3. The number of aromatic nitrogens is 2. The molecule has 1 atom stereocenters. The van der Waals surface area contributed by atoms with E-state index < -0.39 is 0 Å². The molecule has 3 nitrogen and oxygen atoms in total. The highest BCUT2D eigenvalue weighted by Gasteiger charge is 2.13. The highest BCUT2D eigenvalue weighted by atomic mass is 35.5. The number of imidazole rings is 1. The first-order chi connectivity index (χ1) is 13.0. The molecule has 3 aromatic rings. The van der Waals surface area contributed by atoms with Gasteiger partial charge in [0.15, 0.2) is 0 Å². The fraction of sp³-hybridized carbons (Fsp3) is 0.211. The molecule has 1 heterocycles. The Balaban J connectivity index is 1.65. The Hall–Kier alpha value is -0.880. The Labute approximate surface area is 182 Å². The quantitative estimate of drug-likeness (QED) is 0.342. The molecule has 8 heteroatoms. The molecule has 0 spiro atoms. The average molecular weight is 462 g/mol. The molecular weight excluding hydrogens is 446 g/mol. The van der Waals surface area contributed by atoms with Gasteiger partial charge in [-0.25, -0.2) is 4.98 Å². The molecule has 0 aliphatic rings. The lowest BCUT2D eigenvalue weighted by atomic mass is 10.2. The van der Waals surface area contributed by atoms with E-state index in [0.717, 1.165) is 16.2 Å². The van der Waals surface area contributed by atoms with Crippen LogP contribution in [0.15, 0.2) is 60.0 Å². The minimum absolute atomic E-state index is 0.0506. The van der Waals surface area contributed by atoms with E-state index in [9.17, 15) is 0 Å². The third-order valence-electron chi connectivity index (χ3n) is 3.76. The van der Waals surface area contributed by atoms with Gasteiger partial charge < -0.3 is 9.30 Å². The van der Waals surface area contributed by atoms with Crippen LogP contribution < -0.4 is 0 Å². The first-order valence-corrected chi connectivity index (χ1v) is 10.6. The molecule has 142 valence electrons. The molecule has 0 amide bonds. The fourth-order valence-corrected chi connectivity index (χ4v) is 4.22. The van der Waals surface area contributed by atoms with Gasteiger partial charge >= 0.3 is 0 Å². The highest BCUT2D eigenvalue weighted by molar-refractivity contribution is 7.99. The van der Waals surface area contributed by atoms with Crippen molar-refractivity contribution in [1.82, 2.24) is 9.55 Å². The van der Waals surface area contributed by atoms with Gasteiger partial charge in [-0.3, -0.25) is 0 Å². The minimum atomic E-state index is -0.0506. The van der Waals surface area contributed by atoms with Gasteiger partial charge in [-0.15, -0.1) is 11.8 Å². The lowest BCUT2D eigenvalue weighted by Gasteiger charge is -2.19. The van der Waals surface area contributed by atoms with Crippen molar-refractivity contribution in [2.45, 2.75) is 24.2 Å². The largest absolute Gasteiger partial charge is 0.371 e. The van der Waals surface area contributed by atoms with Gasteiger partial charge in [-0.2, -0.15) is 0 Å². The Morgan fingerprint density at radius 1 is 1.00 bits per heavy atom. The van der Waals surface area contributed by atoms with Crippen molar-refractivity contribution in [2.75, 3.05) is 5.75 Å². The summed E-state index contributed by atoms with van der Waals surface area (Å²) >= 11 is 25.9.